The summed E-state index contributed by atoms with van der Waals surface area (Å²) < 4.78 is 15.4. The van der Waals surface area contributed by atoms with Crippen molar-refractivity contribution < 1.29 is 4.39 Å². The molecule has 0 saturated carbocycles. The third-order valence-electron chi connectivity index (χ3n) is 2.93. The number of hydrogen-bond acceptors (Lipinski definition) is 2. The van der Waals surface area contributed by atoms with Crippen molar-refractivity contribution in [2.24, 2.45) is 0 Å². The second-order valence-electron chi connectivity index (χ2n) is 4.28. The van der Waals surface area contributed by atoms with E-state index in [9.17, 15) is 4.39 Å². The fourth-order valence-electron chi connectivity index (χ4n) is 2.07. The van der Waals surface area contributed by atoms with Crippen molar-refractivity contribution in [3.05, 3.63) is 49.6 Å². The van der Waals surface area contributed by atoms with Crippen LogP contribution in [0.5, 0.6) is 0 Å². The number of halogens is 5. The normalized spacial score (nSPS) is 11.3. The van der Waals surface area contributed by atoms with E-state index in [2.05, 4.69) is 20.9 Å². The molecule has 2 N–H and O–H groups in total. The van der Waals surface area contributed by atoms with Gasteiger partial charge in [0.05, 0.1) is 31.8 Å². The van der Waals surface area contributed by atoms with Gasteiger partial charge in [0.2, 0.25) is 5.95 Å². The summed E-state index contributed by atoms with van der Waals surface area (Å²) >= 11 is 21.4. The summed E-state index contributed by atoms with van der Waals surface area (Å²) in [5.74, 6) is -0.266. The molecule has 0 saturated heterocycles. The first-order chi connectivity index (χ1) is 9.88. The lowest BCUT2D eigenvalue weighted by atomic mass is 10.2. The molecule has 0 unspecified atom stereocenters. The maximum atomic E-state index is 13.4. The summed E-state index contributed by atoms with van der Waals surface area (Å²) in [5, 5.41) is 0.928. The predicted molar refractivity (Wildman–Crippen MR) is 88.2 cm³/mol. The molecule has 1 aromatic heterocycles. The molecule has 0 aliphatic carbocycles. The number of anilines is 1. The van der Waals surface area contributed by atoms with Gasteiger partial charge in [0.1, 0.15) is 5.82 Å². The lowest BCUT2D eigenvalue weighted by molar-refractivity contribution is 0.626. The Morgan fingerprint density at radius 2 is 1.71 bits per heavy atom. The van der Waals surface area contributed by atoms with Gasteiger partial charge >= 0.3 is 0 Å². The summed E-state index contributed by atoms with van der Waals surface area (Å²) in [6.07, 6.45) is 0. The van der Waals surface area contributed by atoms with Gasteiger partial charge < -0.3 is 5.73 Å². The van der Waals surface area contributed by atoms with Crippen LogP contribution in [0.25, 0.3) is 16.7 Å². The van der Waals surface area contributed by atoms with Crippen LogP contribution >= 0.6 is 50.7 Å². The van der Waals surface area contributed by atoms with Gasteiger partial charge in [-0.15, -0.1) is 0 Å². The molecule has 0 aliphatic rings. The molecule has 3 rings (SSSR count). The quantitative estimate of drug-likeness (QED) is 0.579. The first-order valence-electron chi connectivity index (χ1n) is 5.66. The monoisotopic (exact) mass is 407 g/mol. The molecule has 8 heteroatoms. The van der Waals surface area contributed by atoms with Crippen LogP contribution in [0, 0.1) is 5.82 Å². The second kappa shape index (κ2) is 5.32. The third-order valence-corrected chi connectivity index (χ3v) is 4.54. The zero-order chi connectivity index (χ0) is 15.3. The van der Waals surface area contributed by atoms with Crippen LogP contribution < -0.4 is 5.73 Å². The highest BCUT2D eigenvalue weighted by Gasteiger charge is 2.18. The Morgan fingerprint density at radius 3 is 2.38 bits per heavy atom. The minimum absolute atomic E-state index is 0.192. The number of nitrogens with zero attached hydrogens (tertiary/aromatic N) is 2. The van der Waals surface area contributed by atoms with Crippen LogP contribution in [0.15, 0.2) is 28.7 Å². The third kappa shape index (κ3) is 2.48. The number of nitrogen functional groups attached to an aromatic ring is 1. The van der Waals surface area contributed by atoms with Crippen LogP contribution in [0.4, 0.5) is 10.3 Å². The van der Waals surface area contributed by atoms with E-state index in [-0.39, 0.29) is 11.0 Å². The molecule has 0 atom stereocenters. The van der Waals surface area contributed by atoms with Gasteiger partial charge in [-0.05, 0) is 40.2 Å². The summed E-state index contributed by atoms with van der Waals surface area (Å²) in [6, 6.07) is 5.74. The van der Waals surface area contributed by atoms with Gasteiger partial charge in [-0.3, -0.25) is 4.57 Å². The smallest absolute Gasteiger partial charge is 0.206 e. The highest BCUT2D eigenvalue weighted by atomic mass is 79.9. The van der Waals surface area contributed by atoms with E-state index in [1.807, 2.05) is 0 Å². The molecule has 0 radical (unpaired) electrons. The minimum Gasteiger partial charge on any atom is -0.369 e. The van der Waals surface area contributed by atoms with Gasteiger partial charge in [-0.25, -0.2) is 9.37 Å². The molecule has 1 heterocycles. The predicted octanol–water partition coefficient (Wildman–Crippen LogP) is 5.47. The maximum absolute atomic E-state index is 13.4. The highest BCUT2D eigenvalue weighted by Crippen LogP contribution is 2.36. The van der Waals surface area contributed by atoms with Crippen molar-refractivity contribution in [2.45, 2.75) is 0 Å². The molecule has 21 heavy (non-hydrogen) atoms. The Hall–Kier alpha value is -1.01. The van der Waals surface area contributed by atoms with Crippen LogP contribution in [0.2, 0.25) is 15.1 Å². The summed E-state index contributed by atoms with van der Waals surface area (Å²) in [7, 11) is 0. The average Bonchev–Trinajstić information content (AvgIpc) is 2.66. The van der Waals surface area contributed by atoms with E-state index in [1.165, 1.54) is 12.1 Å². The molecule has 0 aliphatic heterocycles. The topological polar surface area (TPSA) is 43.8 Å². The summed E-state index contributed by atoms with van der Waals surface area (Å²) in [6.45, 7) is 0. The Bertz CT molecular complexity index is 856. The first kappa shape index (κ1) is 14.9. The van der Waals surface area contributed by atoms with Crippen molar-refractivity contribution in [1.29, 1.82) is 0 Å². The fraction of sp³-hybridized carbons (Fsp3) is 0. The molecule has 3 nitrogen and oxygen atoms in total. The van der Waals surface area contributed by atoms with Gasteiger partial charge in [-0.2, -0.15) is 0 Å². The largest absolute Gasteiger partial charge is 0.369 e. The first-order valence-corrected chi connectivity index (χ1v) is 7.59. The van der Waals surface area contributed by atoms with Gasteiger partial charge in [-0.1, -0.05) is 34.8 Å². The minimum atomic E-state index is -0.459. The van der Waals surface area contributed by atoms with Crippen LogP contribution in [0.1, 0.15) is 0 Å². The molecular weight excluding hydrogens is 403 g/mol. The van der Waals surface area contributed by atoms with E-state index in [4.69, 9.17) is 40.5 Å². The van der Waals surface area contributed by atoms with Crippen molar-refractivity contribution in [3.63, 3.8) is 0 Å². The van der Waals surface area contributed by atoms with E-state index >= 15 is 0 Å². The van der Waals surface area contributed by atoms with E-state index in [1.54, 1.807) is 16.7 Å². The van der Waals surface area contributed by atoms with Gasteiger partial charge in [0, 0.05) is 4.47 Å². The zero-order valence-electron chi connectivity index (χ0n) is 10.2. The molecular formula is C13H6BrCl3FN3. The van der Waals surface area contributed by atoms with Crippen LogP contribution in [-0.4, -0.2) is 9.55 Å². The molecule has 3 aromatic rings. The zero-order valence-corrected chi connectivity index (χ0v) is 14.0. The summed E-state index contributed by atoms with van der Waals surface area (Å²) in [4.78, 5) is 4.22. The van der Waals surface area contributed by atoms with Crippen molar-refractivity contribution in [2.75, 3.05) is 5.73 Å². The molecule has 0 fully saturated rings. The molecule has 0 amide bonds. The van der Waals surface area contributed by atoms with E-state index < -0.39 is 5.82 Å². The van der Waals surface area contributed by atoms with Crippen LogP contribution in [-0.2, 0) is 0 Å². The van der Waals surface area contributed by atoms with E-state index in [0.717, 1.165) is 0 Å². The number of imidazole rings is 1. The number of benzene rings is 2. The molecule has 0 bridgehead atoms. The summed E-state index contributed by atoms with van der Waals surface area (Å²) in [5.41, 5.74) is 7.62. The Morgan fingerprint density at radius 1 is 1.05 bits per heavy atom. The number of fused-ring (bicyclic) bond motifs is 1. The molecule has 2 aromatic carbocycles. The molecule has 0 spiro atoms. The van der Waals surface area contributed by atoms with Gasteiger partial charge in [0.15, 0.2) is 0 Å². The van der Waals surface area contributed by atoms with Gasteiger partial charge in [0.25, 0.3) is 0 Å². The number of hydrogen-bond donors (Lipinski definition) is 1. The fourth-order valence-corrected chi connectivity index (χ4v) is 3.40. The van der Waals surface area contributed by atoms with E-state index in [0.29, 0.717) is 31.2 Å². The van der Waals surface area contributed by atoms with Crippen LogP contribution in [0.3, 0.4) is 0 Å². The second-order valence-corrected chi connectivity index (χ2v) is 6.35. The van der Waals surface area contributed by atoms with Crippen molar-refractivity contribution in [3.8, 4) is 5.69 Å². The standard InChI is InChI=1S/C13H6BrCl3FN3/c14-6-1-5(18)2-9(17)12(6)21-11-4-8(16)7(15)3-10(11)20-13(21)19/h1-4H,(H2,19,20). The van der Waals surface area contributed by atoms with Crippen molar-refractivity contribution >= 4 is 67.7 Å². The van der Waals surface area contributed by atoms with Crippen molar-refractivity contribution in [1.82, 2.24) is 9.55 Å². The highest BCUT2D eigenvalue weighted by molar-refractivity contribution is 9.10. The average molecular weight is 409 g/mol. The lowest BCUT2D eigenvalue weighted by Gasteiger charge is -2.11. The Balaban J connectivity index is 2.41. The SMILES string of the molecule is Nc1nc2cc(Cl)c(Cl)cc2n1-c1c(Cl)cc(F)cc1Br. The maximum Gasteiger partial charge on any atom is 0.206 e. The number of aromatic nitrogens is 2. The number of rotatable bonds is 1. The number of nitrogens with two attached hydrogens (primary N) is 1. The Labute approximate surface area is 142 Å². The lowest BCUT2D eigenvalue weighted by Crippen LogP contribution is -2.02. The Kier molecular flexibility index (Phi) is 3.78. The molecule has 108 valence electrons.